The second-order valence-electron chi connectivity index (χ2n) is 7.65. The van der Waals surface area contributed by atoms with Crippen LogP contribution in [0, 0.1) is 6.92 Å². The Morgan fingerprint density at radius 1 is 1.22 bits per heavy atom. The van der Waals surface area contributed by atoms with Gasteiger partial charge in [-0.25, -0.2) is 8.42 Å². The molecule has 9 nitrogen and oxygen atoms in total. The van der Waals surface area contributed by atoms with Crippen LogP contribution in [0.5, 0.6) is 0 Å². The Balaban J connectivity index is 1.64. The van der Waals surface area contributed by atoms with E-state index < -0.39 is 22.5 Å². The van der Waals surface area contributed by atoms with Crippen LogP contribution in [0.25, 0.3) is 21.5 Å². The number of nitrogens with zero attached hydrogens (tertiary/aromatic N) is 4. The van der Waals surface area contributed by atoms with Crippen molar-refractivity contribution >= 4 is 43.1 Å². The second kappa shape index (κ2) is 8.32. The fourth-order valence-electron chi connectivity index (χ4n) is 3.30. The van der Waals surface area contributed by atoms with Gasteiger partial charge in [0.2, 0.25) is 5.82 Å². The van der Waals surface area contributed by atoms with Crippen LogP contribution >= 0.6 is 11.3 Å². The Hall–Kier alpha value is -3.31. The standard InChI is InChI=1S/C21H21N5O4S2/c1-12(2)14-7-8-18-17(10-14)13(3)21(31-18)32(29,30)24-16-6-4-5-15(9-16)20-22-25-26(23-20)11-19(27)28/h4-10,12,24H,11H2,1-3H3,(H,27,28). The van der Waals surface area contributed by atoms with Crippen LogP contribution in [0.1, 0.15) is 30.9 Å². The smallest absolute Gasteiger partial charge is 0.327 e. The molecule has 0 atom stereocenters. The lowest BCUT2D eigenvalue weighted by Gasteiger charge is -2.08. The number of tetrazole rings is 1. The van der Waals surface area contributed by atoms with Crippen LogP contribution in [0.3, 0.4) is 0 Å². The van der Waals surface area contributed by atoms with Gasteiger partial charge in [0, 0.05) is 16.0 Å². The van der Waals surface area contributed by atoms with E-state index in [9.17, 15) is 13.2 Å². The Labute approximate surface area is 188 Å². The average molecular weight is 472 g/mol. The van der Waals surface area contributed by atoms with Gasteiger partial charge in [-0.1, -0.05) is 32.0 Å². The second-order valence-corrected chi connectivity index (χ2v) is 10.6. The first kappa shape index (κ1) is 21.9. The Bertz CT molecular complexity index is 1420. The summed E-state index contributed by atoms with van der Waals surface area (Å²) in [5.74, 6) is -0.539. The fraction of sp³-hybridized carbons (Fsp3) is 0.238. The first-order valence-corrected chi connectivity index (χ1v) is 12.1. The molecule has 0 amide bonds. The van der Waals surface area contributed by atoms with Crippen LogP contribution in [0.15, 0.2) is 46.7 Å². The van der Waals surface area contributed by atoms with Gasteiger partial charge in [0.15, 0.2) is 6.54 Å². The van der Waals surface area contributed by atoms with Crippen molar-refractivity contribution in [1.29, 1.82) is 0 Å². The fourth-order valence-corrected chi connectivity index (χ4v) is 6.10. The summed E-state index contributed by atoms with van der Waals surface area (Å²) in [6, 6.07) is 12.6. The lowest BCUT2D eigenvalue weighted by molar-refractivity contribution is -0.138. The van der Waals surface area contributed by atoms with Crippen LogP contribution in [0.2, 0.25) is 0 Å². The molecule has 0 spiro atoms. The average Bonchev–Trinajstić information content (AvgIpc) is 3.32. The van der Waals surface area contributed by atoms with Gasteiger partial charge in [-0.05, 0) is 58.8 Å². The molecule has 0 fully saturated rings. The highest BCUT2D eigenvalue weighted by Crippen LogP contribution is 2.36. The number of rotatable bonds is 7. The molecule has 4 aromatic rings. The summed E-state index contributed by atoms with van der Waals surface area (Å²) < 4.78 is 30.2. The lowest BCUT2D eigenvalue weighted by Crippen LogP contribution is -2.12. The molecule has 166 valence electrons. The number of thiophene rings is 1. The quantitative estimate of drug-likeness (QED) is 0.419. The van der Waals surface area contributed by atoms with Gasteiger partial charge >= 0.3 is 5.97 Å². The SMILES string of the molecule is Cc1c(S(=O)(=O)Nc2cccc(-c3nnn(CC(=O)O)n3)c2)sc2ccc(C(C)C)cc12. The summed E-state index contributed by atoms with van der Waals surface area (Å²) in [6.07, 6.45) is 0. The van der Waals surface area contributed by atoms with E-state index in [2.05, 4.69) is 40.0 Å². The van der Waals surface area contributed by atoms with Crippen LogP contribution in [0.4, 0.5) is 5.69 Å². The molecule has 2 N–H and O–H groups in total. The van der Waals surface area contributed by atoms with Crippen molar-refractivity contribution in [2.24, 2.45) is 0 Å². The zero-order valence-electron chi connectivity index (χ0n) is 17.6. The minimum atomic E-state index is -3.82. The van der Waals surface area contributed by atoms with Crippen molar-refractivity contribution in [3.05, 3.63) is 53.6 Å². The largest absolute Gasteiger partial charge is 0.480 e. The number of anilines is 1. The van der Waals surface area contributed by atoms with Gasteiger partial charge in [-0.2, -0.15) is 4.80 Å². The van der Waals surface area contributed by atoms with Gasteiger partial charge in [0.25, 0.3) is 10.0 Å². The zero-order chi connectivity index (χ0) is 23.0. The molecule has 32 heavy (non-hydrogen) atoms. The predicted octanol–water partition coefficient (Wildman–Crippen LogP) is 3.87. The van der Waals surface area contributed by atoms with Crippen LogP contribution in [-0.2, 0) is 21.4 Å². The van der Waals surface area contributed by atoms with Gasteiger partial charge in [-0.15, -0.1) is 21.5 Å². The van der Waals surface area contributed by atoms with Crippen molar-refractivity contribution in [2.45, 2.75) is 37.4 Å². The molecule has 0 bridgehead atoms. The van der Waals surface area contributed by atoms with E-state index in [-0.39, 0.29) is 10.0 Å². The van der Waals surface area contributed by atoms with E-state index in [1.165, 1.54) is 11.3 Å². The molecule has 2 aromatic heterocycles. The number of carboxylic acid groups (broad SMARTS) is 1. The number of carbonyl (C=O) groups is 1. The third kappa shape index (κ3) is 4.34. The molecule has 0 radical (unpaired) electrons. The van der Waals surface area contributed by atoms with Gasteiger partial charge in [-0.3, -0.25) is 9.52 Å². The monoisotopic (exact) mass is 471 g/mol. The minimum Gasteiger partial charge on any atom is -0.480 e. The number of aliphatic carboxylic acids is 1. The summed E-state index contributed by atoms with van der Waals surface area (Å²) in [7, 11) is -3.82. The molecule has 2 aromatic carbocycles. The summed E-state index contributed by atoms with van der Waals surface area (Å²) >= 11 is 1.24. The van der Waals surface area contributed by atoms with Crippen molar-refractivity contribution in [3.63, 3.8) is 0 Å². The van der Waals surface area contributed by atoms with E-state index >= 15 is 0 Å². The van der Waals surface area contributed by atoms with Gasteiger partial charge in [0.05, 0.1) is 0 Å². The Kier molecular flexibility index (Phi) is 5.70. The summed E-state index contributed by atoms with van der Waals surface area (Å²) in [4.78, 5) is 11.8. The molecular formula is C21H21N5O4S2. The maximum absolute atomic E-state index is 13.2. The van der Waals surface area contributed by atoms with Crippen molar-refractivity contribution in [3.8, 4) is 11.4 Å². The molecular weight excluding hydrogens is 450 g/mol. The van der Waals surface area contributed by atoms with E-state index in [1.807, 2.05) is 19.1 Å². The lowest BCUT2D eigenvalue weighted by atomic mass is 10.0. The van der Waals surface area contributed by atoms with E-state index in [4.69, 9.17) is 5.11 Å². The van der Waals surface area contributed by atoms with Crippen molar-refractivity contribution < 1.29 is 18.3 Å². The number of carboxylic acids is 1. The molecule has 2 heterocycles. The molecule has 0 unspecified atom stereocenters. The number of aromatic nitrogens is 4. The highest BCUT2D eigenvalue weighted by molar-refractivity contribution is 7.94. The third-order valence-electron chi connectivity index (χ3n) is 4.93. The Morgan fingerprint density at radius 3 is 2.72 bits per heavy atom. The molecule has 0 saturated carbocycles. The van der Waals surface area contributed by atoms with E-state index in [0.717, 1.165) is 26.0 Å². The highest BCUT2D eigenvalue weighted by Gasteiger charge is 2.22. The van der Waals surface area contributed by atoms with Crippen molar-refractivity contribution in [2.75, 3.05) is 4.72 Å². The molecule has 0 aliphatic heterocycles. The van der Waals surface area contributed by atoms with Gasteiger partial charge < -0.3 is 5.11 Å². The third-order valence-corrected chi connectivity index (χ3v) is 8.20. The number of hydrogen-bond donors (Lipinski definition) is 2. The topological polar surface area (TPSA) is 127 Å². The summed E-state index contributed by atoms with van der Waals surface area (Å²) in [5, 5.41) is 21.3. The summed E-state index contributed by atoms with van der Waals surface area (Å²) in [6.45, 7) is 5.61. The minimum absolute atomic E-state index is 0.201. The maximum atomic E-state index is 13.2. The first-order chi connectivity index (χ1) is 15.1. The number of benzene rings is 2. The predicted molar refractivity (Wildman–Crippen MR) is 122 cm³/mol. The number of fused-ring (bicyclic) bond motifs is 1. The first-order valence-electron chi connectivity index (χ1n) is 9.80. The number of nitrogens with one attached hydrogen (secondary N) is 1. The van der Waals surface area contributed by atoms with Gasteiger partial charge in [0.1, 0.15) is 4.21 Å². The zero-order valence-corrected chi connectivity index (χ0v) is 19.2. The molecule has 0 aliphatic rings. The normalized spacial score (nSPS) is 11.9. The maximum Gasteiger partial charge on any atom is 0.327 e. The molecule has 11 heteroatoms. The highest BCUT2D eigenvalue weighted by atomic mass is 32.2. The number of aryl methyl sites for hydroxylation is 1. The summed E-state index contributed by atoms with van der Waals surface area (Å²) in [5.41, 5.74) is 2.73. The molecule has 4 rings (SSSR count). The van der Waals surface area contributed by atoms with E-state index in [0.29, 0.717) is 17.2 Å². The molecule has 0 saturated heterocycles. The van der Waals surface area contributed by atoms with Crippen LogP contribution in [-0.4, -0.2) is 39.7 Å². The van der Waals surface area contributed by atoms with E-state index in [1.54, 1.807) is 24.3 Å². The number of hydrogen-bond acceptors (Lipinski definition) is 7. The van der Waals surface area contributed by atoms with Crippen molar-refractivity contribution in [1.82, 2.24) is 20.2 Å². The Morgan fingerprint density at radius 2 is 2.00 bits per heavy atom. The molecule has 0 aliphatic carbocycles. The van der Waals surface area contributed by atoms with Crippen LogP contribution < -0.4 is 4.72 Å². The number of sulfonamides is 1.